The molecule has 5 heteroatoms. The fourth-order valence-electron chi connectivity index (χ4n) is 4.50. The summed E-state index contributed by atoms with van der Waals surface area (Å²) >= 11 is 6.33. The number of allylic oxidation sites excluding steroid dienone is 1. The summed E-state index contributed by atoms with van der Waals surface area (Å²) in [6.07, 6.45) is 9.34. The lowest BCUT2D eigenvalue weighted by atomic mass is 9.99. The first-order valence-electron chi connectivity index (χ1n) is 9.21. The summed E-state index contributed by atoms with van der Waals surface area (Å²) in [5, 5.41) is 2.09. The highest BCUT2D eigenvalue weighted by molar-refractivity contribution is 6.31. The van der Waals surface area contributed by atoms with Gasteiger partial charge in [0, 0.05) is 47.5 Å². The van der Waals surface area contributed by atoms with Gasteiger partial charge in [-0.1, -0.05) is 11.6 Å². The Hall–Kier alpha value is -2.17. The van der Waals surface area contributed by atoms with Gasteiger partial charge in [-0.15, -0.1) is 0 Å². The van der Waals surface area contributed by atoms with E-state index in [0.29, 0.717) is 6.04 Å². The summed E-state index contributed by atoms with van der Waals surface area (Å²) in [5.41, 5.74) is 6.19. The van der Waals surface area contributed by atoms with Crippen LogP contribution in [0.4, 0.5) is 0 Å². The second-order valence-corrected chi connectivity index (χ2v) is 7.77. The van der Waals surface area contributed by atoms with Crippen molar-refractivity contribution < 1.29 is 0 Å². The molecule has 3 aromatic rings. The SMILES string of the molecule is CC(=Cn1c2c(c3cc(Cl)ccc31)CN1CCCC1C2)c1ccncn1. The maximum absolute atomic E-state index is 6.33. The molecule has 1 atom stereocenters. The van der Waals surface area contributed by atoms with E-state index in [2.05, 4.69) is 44.7 Å². The lowest BCUT2D eigenvalue weighted by Gasteiger charge is -2.30. The molecule has 0 radical (unpaired) electrons. The molecule has 1 aromatic carbocycles. The van der Waals surface area contributed by atoms with Gasteiger partial charge >= 0.3 is 0 Å². The molecule has 0 bridgehead atoms. The number of fused-ring (bicyclic) bond motifs is 4. The average molecular weight is 365 g/mol. The minimum absolute atomic E-state index is 0.675. The number of rotatable bonds is 2. The van der Waals surface area contributed by atoms with Crippen molar-refractivity contribution in [2.75, 3.05) is 6.54 Å². The fraction of sp³-hybridized carbons (Fsp3) is 0.333. The van der Waals surface area contributed by atoms with Crippen LogP contribution in [0.25, 0.3) is 22.7 Å². The van der Waals surface area contributed by atoms with Crippen LogP contribution >= 0.6 is 11.6 Å². The first-order valence-corrected chi connectivity index (χ1v) is 9.58. The largest absolute Gasteiger partial charge is 0.320 e. The van der Waals surface area contributed by atoms with Gasteiger partial charge in [0.25, 0.3) is 0 Å². The molecular weight excluding hydrogens is 344 g/mol. The lowest BCUT2D eigenvalue weighted by molar-refractivity contribution is 0.226. The average Bonchev–Trinajstić information content (AvgIpc) is 3.23. The smallest absolute Gasteiger partial charge is 0.116 e. The summed E-state index contributed by atoms with van der Waals surface area (Å²) < 4.78 is 2.37. The molecule has 4 nitrogen and oxygen atoms in total. The molecule has 26 heavy (non-hydrogen) atoms. The zero-order valence-electron chi connectivity index (χ0n) is 14.8. The molecule has 2 aromatic heterocycles. The van der Waals surface area contributed by atoms with Crippen LogP contribution in [0.5, 0.6) is 0 Å². The van der Waals surface area contributed by atoms with Crippen molar-refractivity contribution in [1.29, 1.82) is 0 Å². The zero-order chi connectivity index (χ0) is 17.7. The van der Waals surface area contributed by atoms with Crippen LogP contribution in [0.3, 0.4) is 0 Å². The standard InChI is InChI=1S/C21H21ClN4/c1-14(19-6-7-23-13-24-19)11-26-20-5-4-15(22)9-17(20)18-12-25-8-2-3-16(25)10-21(18)26/h4-7,9,11,13,16H,2-3,8,10,12H2,1H3. The molecule has 5 rings (SSSR count). The van der Waals surface area contributed by atoms with E-state index in [1.165, 1.54) is 41.5 Å². The molecule has 1 unspecified atom stereocenters. The third-order valence-electron chi connectivity index (χ3n) is 5.78. The van der Waals surface area contributed by atoms with Crippen molar-refractivity contribution >= 4 is 34.3 Å². The Labute approximate surface area is 158 Å². The lowest BCUT2D eigenvalue weighted by Crippen LogP contribution is -2.35. The molecule has 2 aliphatic heterocycles. The molecule has 2 aliphatic rings. The van der Waals surface area contributed by atoms with Crippen LogP contribution < -0.4 is 0 Å². The van der Waals surface area contributed by atoms with Gasteiger partial charge in [0.05, 0.1) is 11.2 Å². The van der Waals surface area contributed by atoms with E-state index in [1.54, 1.807) is 12.5 Å². The van der Waals surface area contributed by atoms with Crippen LogP contribution in [0, 0.1) is 0 Å². The Balaban J connectivity index is 1.70. The number of hydrogen-bond donors (Lipinski definition) is 0. The molecule has 0 N–H and O–H groups in total. The van der Waals surface area contributed by atoms with Crippen LogP contribution in [0.1, 0.15) is 36.7 Å². The van der Waals surface area contributed by atoms with Crippen molar-refractivity contribution in [2.24, 2.45) is 0 Å². The molecule has 0 spiro atoms. The van der Waals surface area contributed by atoms with Gasteiger partial charge in [0.2, 0.25) is 0 Å². The predicted octanol–water partition coefficient (Wildman–Crippen LogP) is 4.62. The Morgan fingerprint density at radius 1 is 1.31 bits per heavy atom. The monoisotopic (exact) mass is 364 g/mol. The molecular formula is C21H21ClN4. The number of benzene rings is 1. The number of halogens is 1. The van der Waals surface area contributed by atoms with Gasteiger partial charge in [-0.3, -0.25) is 4.90 Å². The minimum Gasteiger partial charge on any atom is -0.320 e. The third-order valence-corrected chi connectivity index (χ3v) is 6.02. The van der Waals surface area contributed by atoms with Gasteiger partial charge in [-0.05, 0) is 61.7 Å². The third kappa shape index (κ3) is 2.56. The summed E-state index contributed by atoms with van der Waals surface area (Å²) in [6, 6.07) is 8.88. The van der Waals surface area contributed by atoms with E-state index < -0.39 is 0 Å². The second-order valence-electron chi connectivity index (χ2n) is 7.33. The Kier molecular flexibility index (Phi) is 3.84. The maximum Gasteiger partial charge on any atom is 0.116 e. The molecule has 1 fully saturated rings. The zero-order valence-corrected chi connectivity index (χ0v) is 15.6. The minimum atomic E-state index is 0.675. The van der Waals surface area contributed by atoms with Gasteiger partial charge < -0.3 is 4.57 Å². The van der Waals surface area contributed by atoms with Gasteiger partial charge in [0.1, 0.15) is 6.33 Å². The summed E-state index contributed by atoms with van der Waals surface area (Å²) in [6.45, 7) is 4.36. The molecule has 0 amide bonds. The highest BCUT2D eigenvalue weighted by Crippen LogP contribution is 2.38. The van der Waals surface area contributed by atoms with E-state index >= 15 is 0 Å². The molecule has 0 aliphatic carbocycles. The Bertz CT molecular complexity index is 1010. The first-order chi connectivity index (χ1) is 12.7. The topological polar surface area (TPSA) is 34.0 Å². The van der Waals surface area contributed by atoms with Gasteiger partial charge in [-0.2, -0.15) is 0 Å². The second kappa shape index (κ2) is 6.22. The highest BCUT2D eigenvalue weighted by atomic mass is 35.5. The Morgan fingerprint density at radius 2 is 2.23 bits per heavy atom. The van der Waals surface area contributed by atoms with E-state index in [4.69, 9.17) is 11.6 Å². The number of nitrogens with zero attached hydrogens (tertiary/aromatic N) is 4. The van der Waals surface area contributed by atoms with Crippen molar-refractivity contribution in [3.8, 4) is 0 Å². The van der Waals surface area contributed by atoms with E-state index in [1.807, 2.05) is 12.1 Å². The summed E-state index contributed by atoms with van der Waals surface area (Å²) in [7, 11) is 0. The van der Waals surface area contributed by atoms with E-state index in [0.717, 1.165) is 29.3 Å². The maximum atomic E-state index is 6.33. The molecule has 4 heterocycles. The van der Waals surface area contributed by atoms with Crippen molar-refractivity contribution in [3.63, 3.8) is 0 Å². The first kappa shape index (κ1) is 16.0. The van der Waals surface area contributed by atoms with Crippen LogP contribution in [0.15, 0.2) is 36.8 Å². The fourth-order valence-corrected chi connectivity index (χ4v) is 4.67. The van der Waals surface area contributed by atoms with Gasteiger partial charge in [-0.25, -0.2) is 9.97 Å². The Morgan fingerprint density at radius 3 is 3.08 bits per heavy atom. The van der Waals surface area contributed by atoms with Crippen LogP contribution in [-0.4, -0.2) is 32.0 Å². The van der Waals surface area contributed by atoms with E-state index in [9.17, 15) is 0 Å². The quantitative estimate of drug-likeness (QED) is 0.665. The number of aromatic nitrogens is 3. The van der Waals surface area contributed by atoms with Crippen molar-refractivity contribution in [2.45, 2.75) is 38.8 Å². The predicted molar refractivity (Wildman–Crippen MR) is 106 cm³/mol. The summed E-state index contributed by atoms with van der Waals surface area (Å²) in [4.78, 5) is 11.1. The van der Waals surface area contributed by atoms with Crippen LogP contribution in [-0.2, 0) is 13.0 Å². The van der Waals surface area contributed by atoms with Gasteiger partial charge in [0.15, 0.2) is 0 Å². The van der Waals surface area contributed by atoms with Crippen molar-refractivity contribution in [1.82, 2.24) is 19.4 Å². The molecule has 132 valence electrons. The van der Waals surface area contributed by atoms with Crippen molar-refractivity contribution in [3.05, 3.63) is 58.8 Å². The summed E-state index contributed by atoms with van der Waals surface area (Å²) in [5.74, 6) is 0. The van der Waals surface area contributed by atoms with Crippen LogP contribution in [0.2, 0.25) is 5.02 Å². The van der Waals surface area contributed by atoms with E-state index in [-0.39, 0.29) is 0 Å². The molecule has 0 saturated carbocycles. The highest BCUT2D eigenvalue weighted by Gasteiger charge is 2.33. The molecule has 1 saturated heterocycles. The number of hydrogen-bond acceptors (Lipinski definition) is 3. The normalized spacial score (nSPS) is 20.4.